The first kappa shape index (κ1) is 11.6. The normalized spacial score (nSPS) is 12.4. The lowest BCUT2D eigenvalue weighted by Gasteiger charge is -2.08. The molecular formula is C12H15N3O2. The van der Waals surface area contributed by atoms with Crippen molar-refractivity contribution in [3.05, 3.63) is 41.7 Å². The van der Waals surface area contributed by atoms with Gasteiger partial charge in [-0.3, -0.25) is 4.68 Å². The van der Waals surface area contributed by atoms with Crippen LogP contribution in [0.4, 0.5) is 0 Å². The lowest BCUT2D eigenvalue weighted by atomic mass is 10.1. The number of ether oxygens (including phenoxy) is 1. The van der Waals surface area contributed by atoms with Crippen molar-refractivity contribution in [2.75, 3.05) is 0 Å². The fourth-order valence-corrected chi connectivity index (χ4v) is 1.48. The molecule has 1 heterocycles. The smallest absolute Gasteiger partial charge is 0.134 e. The maximum Gasteiger partial charge on any atom is 0.134 e. The zero-order chi connectivity index (χ0) is 12.3. The van der Waals surface area contributed by atoms with Crippen LogP contribution in [0.15, 0.2) is 30.5 Å². The van der Waals surface area contributed by atoms with Gasteiger partial charge < -0.3 is 9.84 Å². The number of nitrogens with zero attached hydrogens (tertiary/aromatic N) is 3. The van der Waals surface area contributed by atoms with Gasteiger partial charge in [0, 0.05) is 7.05 Å². The lowest BCUT2D eigenvalue weighted by molar-refractivity contribution is 0.198. The van der Waals surface area contributed by atoms with Crippen LogP contribution < -0.4 is 4.74 Å². The Balaban J connectivity index is 2.01. The Morgan fingerprint density at radius 1 is 1.47 bits per heavy atom. The highest BCUT2D eigenvalue weighted by atomic mass is 16.5. The van der Waals surface area contributed by atoms with Crippen LogP contribution in [-0.4, -0.2) is 20.1 Å². The molecule has 90 valence electrons. The molecule has 1 aromatic heterocycles. The third-order valence-electron chi connectivity index (χ3n) is 2.38. The van der Waals surface area contributed by atoms with Crippen molar-refractivity contribution in [3.63, 3.8) is 0 Å². The van der Waals surface area contributed by atoms with E-state index in [1.54, 1.807) is 17.8 Å². The largest absolute Gasteiger partial charge is 0.487 e. The van der Waals surface area contributed by atoms with Crippen LogP contribution in [0, 0.1) is 0 Å². The maximum atomic E-state index is 9.46. The predicted octanol–water partition coefficient (Wildman–Crippen LogP) is 1.45. The minimum absolute atomic E-state index is 0.372. The summed E-state index contributed by atoms with van der Waals surface area (Å²) >= 11 is 0. The number of aliphatic hydroxyl groups is 1. The number of rotatable bonds is 4. The first-order valence-corrected chi connectivity index (χ1v) is 5.41. The van der Waals surface area contributed by atoms with Crippen molar-refractivity contribution in [3.8, 4) is 5.75 Å². The summed E-state index contributed by atoms with van der Waals surface area (Å²) in [5, 5.41) is 17.2. The molecule has 0 fully saturated rings. The van der Waals surface area contributed by atoms with E-state index in [0.717, 1.165) is 11.3 Å². The minimum atomic E-state index is -0.491. The molecule has 17 heavy (non-hydrogen) atoms. The van der Waals surface area contributed by atoms with Crippen molar-refractivity contribution < 1.29 is 9.84 Å². The SMILES string of the molecule is C[C@@H](O)c1cccc(OCc2cn(C)nn2)c1. The van der Waals surface area contributed by atoms with Crippen molar-refractivity contribution >= 4 is 0 Å². The number of hydrogen-bond donors (Lipinski definition) is 1. The van der Waals surface area contributed by atoms with Gasteiger partial charge in [0.05, 0.1) is 12.3 Å². The van der Waals surface area contributed by atoms with Crippen LogP contribution in [0.1, 0.15) is 24.3 Å². The molecule has 2 aromatic rings. The second-order valence-electron chi connectivity index (χ2n) is 3.92. The Morgan fingerprint density at radius 2 is 2.29 bits per heavy atom. The highest BCUT2D eigenvalue weighted by Crippen LogP contribution is 2.19. The summed E-state index contributed by atoms with van der Waals surface area (Å²) in [6.07, 6.45) is 1.31. The van der Waals surface area contributed by atoms with Crippen molar-refractivity contribution in [2.24, 2.45) is 7.05 Å². The number of aromatic nitrogens is 3. The number of benzene rings is 1. The monoisotopic (exact) mass is 233 g/mol. The maximum absolute atomic E-state index is 9.46. The van der Waals surface area contributed by atoms with Crippen LogP contribution in [-0.2, 0) is 13.7 Å². The second kappa shape index (κ2) is 4.97. The van der Waals surface area contributed by atoms with Gasteiger partial charge in [0.25, 0.3) is 0 Å². The zero-order valence-electron chi connectivity index (χ0n) is 9.87. The Hall–Kier alpha value is -1.88. The fourth-order valence-electron chi connectivity index (χ4n) is 1.48. The van der Waals surface area contributed by atoms with E-state index >= 15 is 0 Å². The molecule has 1 N–H and O–H groups in total. The molecule has 0 aliphatic carbocycles. The summed E-state index contributed by atoms with van der Waals surface area (Å²) in [5.41, 5.74) is 1.61. The number of aryl methyl sites for hydroxylation is 1. The second-order valence-corrected chi connectivity index (χ2v) is 3.92. The predicted molar refractivity (Wildman–Crippen MR) is 62.4 cm³/mol. The van der Waals surface area contributed by atoms with E-state index in [0.29, 0.717) is 12.4 Å². The van der Waals surface area contributed by atoms with E-state index in [1.807, 2.05) is 31.3 Å². The molecule has 2 rings (SSSR count). The molecule has 5 heteroatoms. The molecule has 1 aromatic carbocycles. The van der Waals surface area contributed by atoms with E-state index in [-0.39, 0.29) is 0 Å². The van der Waals surface area contributed by atoms with Gasteiger partial charge in [0.1, 0.15) is 18.1 Å². The summed E-state index contributed by atoms with van der Waals surface area (Å²) in [6, 6.07) is 7.39. The number of hydrogen-bond acceptors (Lipinski definition) is 4. The Morgan fingerprint density at radius 3 is 2.94 bits per heavy atom. The van der Waals surface area contributed by atoms with Crippen molar-refractivity contribution in [1.82, 2.24) is 15.0 Å². The standard InChI is InChI=1S/C12H15N3O2/c1-9(16)10-4-3-5-12(6-10)17-8-11-7-15(2)14-13-11/h3-7,9,16H,8H2,1-2H3/t9-/m1/s1. The first-order chi connectivity index (χ1) is 8.15. The van der Waals surface area contributed by atoms with E-state index in [4.69, 9.17) is 4.74 Å². The molecule has 0 saturated carbocycles. The van der Waals surface area contributed by atoms with Gasteiger partial charge in [0.15, 0.2) is 0 Å². The van der Waals surface area contributed by atoms with Gasteiger partial charge in [-0.1, -0.05) is 17.3 Å². The Bertz CT molecular complexity index is 494. The first-order valence-electron chi connectivity index (χ1n) is 5.41. The quantitative estimate of drug-likeness (QED) is 0.868. The molecule has 0 radical (unpaired) electrons. The molecule has 0 saturated heterocycles. The summed E-state index contributed by atoms with van der Waals surface area (Å²) in [5.74, 6) is 0.717. The van der Waals surface area contributed by atoms with Crippen LogP contribution in [0.5, 0.6) is 5.75 Å². The van der Waals surface area contributed by atoms with Crippen molar-refractivity contribution in [2.45, 2.75) is 19.6 Å². The van der Waals surface area contributed by atoms with Crippen LogP contribution >= 0.6 is 0 Å². The summed E-state index contributed by atoms with van der Waals surface area (Å²) in [6.45, 7) is 2.10. The van der Waals surface area contributed by atoms with E-state index in [1.165, 1.54) is 0 Å². The Labute approximate surface area is 99.7 Å². The summed E-state index contributed by atoms with van der Waals surface area (Å²) < 4.78 is 7.20. The van der Waals surface area contributed by atoms with E-state index in [9.17, 15) is 5.11 Å². The summed E-state index contributed by atoms with van der Waals surface area (Å²) in [4.78, 5) is 0. The lowest BCUT2D eigenvalue weighted by Crippen LogP contribution is -1.97. The van der Waals surface area contributed by atoms with Gasteiger partial charge in [-0.05, 0) is 24.6 Å². The average molecular weight is 233 g/mol. The zero-order valence-corrected chi connectivity index (χ0v) is 9.87. The van der Waals surface area contributed by atoms with Crippen molar-refractivity contribution in [1.29, 1.82) is 0 Å². The molecule has 1 atom stereocenters. The van der Waals surface area contributed by atoms with Gasteiger partial charge in [-0.25, -0.2) is 0 Å². The van der Waals surface area contributed by atoms with Gasteiger partial charge in [-0.15, -0.1) is 5.10 Å². The average Bonchev–Trinajstić information content (AvgIpc) is 2.73. The Kier molecular flexibility index (Phi) is 3.39. The third-order valence-corrected chi connectivity index (χ3v) is 2.38. The molecule has 0 unspecified atom stereocenters. The van der Waals surface area contributed by atoms with Gasteiger partial charge in [-0.2, -0.15) is 0 Å². The van der Waals surface area contributed by atoms with Crippen LogP contribution in [0.25, 0.3) is 0 Å². The van der Waals surface area contributed by atoms with Crippen LogP contribution in [0.2, 0.25) is 0 Å². The van der Waals surface area contributed by atoms with Gasteiger partial charge in [0.2, 0.25) is 0 Å². The molecule has 0 spiro atoms. The fraction of sp³-hybridized carbons (Fsp3) is 0.333. The summed E-state index contributed by atoms with van der Waals surface area (Å²) in [7, 11) is 1.81. The van der Waals surface area contributed by atoms with Gasteiger partial charge >= 0.3 is 0 Å². The number of aliphatic hydroxyl groups excluding tert-OH is 1. The third kappa shape index (κ3) is 3.04. The molecule has 5 nitrogen and oxygen atoms in total. The molecule has 0 aliphatic rings. The van der Waals surface area contributed by atoms with E-state index < -0.39 is 6.10 Å². The van der Waals surface area contributed by atoms with E-state index in [2.05, 4.69) is 10.3 Å². The molecule has 0 bridgehead atoms. The minimum Gasteiger partial charge on any atom is -0.487 e. The highest BCUT2D eigenvalue weighted by molar-refractivity contribution is 5.29. The highest BCUT2D eigenvalue weighted by Gasteiger charge is 2.03. The topological polar surface area (TPSA) is 60.2 Å². The molecule has 0 amide bonds. The molecular weight excluding hydrogens is 218 g/mol. The van der Waals surface area contributed by atoms with Crippen LogP contribution in [0.3, 0.4) is 0 Å². The molecule has 0 aliphatic heterocycles.